The fourth-order valence-corrected chi connectivity index (χ4v) is 8.50. The van der Waals surface area contributed by atoms with Crippen molar-refractivity contribution < 1.29 is 0 Å². The van der Waals surface area contributed by atoms with E-state index in [1.807, 2.05) is 0 Å². The molecule has 7 aromatic rings. The van der Waals surface area contributed by atoms with Crippen molar-refractivity contribution in [3.05, 3.63) is 209 Å². The highest BCUT2D eigenvalue weighted by Gasteiger charge is 2.47. The normalized spacial score (nSPS) is 14.5. The average Bonchev–Trinajstić information content (AvgIpc) is 3.56. The Morgan fingerprint density at radius 2 is 0.915 bits per heavy atom. The quantitative estimate of drug-likeness (QED) is 0.190. The molecular formula is C46H35N. The van der Waals surface area contributed by atoms with Crippen LogP contribution in [0.25, 0.3) is 22.3 Å². The summed E-state index contributed by atoms with van der Waals surface area (Å²) in [5.74, 6) is 0. The maximum Gasteiger partial charge on any atom is 0.0714 e. The van der Waals surface area contributed by atoms with Gasteiger partial charge in [-0.1, -0.05) is 159 Å². The van der Waals surface area contributed by atoms with E-state index in [9.17, 15) is 0 Å². The summed E-state index contributed by atoms with van der Waals surface area (Å²) < 4.78 is 0. The minimum absolute atomic E-state index is 0.0920. The third-order valence-corrected chi connectivity index (χ3v) is 10.5. The monoisotopic (exact) mass is 601 g/mol. The molecule has 0 aromatic heterocycles. The number of benzene rings is 7. The smallest absolute Gasteiger partial charge is 0.0714 e. The number of rotatable bonds is 5. The third-order valence-electron chi connectivity index (χ3n) is 10.5. The van der Waals surface area contributed by atoms with E-state index in [0.29, 0.717) is 0 Å². The second-order valence-electron chi connectivity index (χ2n) is 13.3. The van der Waals surface area contributed by atoms with Gasteiger partial charge in [-0.15, -0.1) is 0 Å². The number of hydrogen-bond acceptors (Lipinski definition) is 1. The molecule has 2 aliphatic carbocycles. The van der Waals surface area contributed by atoms with Crippen LogP contribution in [0.5, 0.6) is 0 Å². The number of fused-ring (bicyclic) bond motifs is 6. The van der Waals surface area contributed by atoms with Gasteiger partial charge in [0.1, 0.15) is 0 Å². The number of hydrogen-bond donors (Lipinski definition) is 0. The molecule has 0 atom stereocenters. The van der Waals surface area contributed by atoms with E-state index in [2.05, 4.69) is 195 Å². The number of nitrogens with zero attached hydrogens (tertiary/aromatic N) is 1. The minimum Gasteiger partial charge on any atom is -0.310 e. The van der Waals surface area contributed by atoms with Gasteiger partial charge in [0.05, 0.1) is 11.1 Å². The summed E-state index contributed by atoms with van der Waals surface area (Å²) in [6.07, 6.45) is 0. The summed E-state index contributed by atoms with van der Waals surface area (Å²) in [7, 11) is 0. The van der Waals surface area contributed by atoms with Crippen LogP contribution in [0.2, 0.25) is 0 Å². The summed E-state index contributed by atoms with van der Waals surface area (Å²) in [6, 6.07) is 64.9. The van der Waals surface area contributed by atoms with Gasteiger partial charge >= 0.3 is 0 Å². The van der Waals surface area contributed by atoms with Crippen LogP contribution in [0.3, 0.4) is 0 Å². The van der Waals surface area contributed by atoms with Crippen molar-refractivity contribution in [2.45, 2.75) is 24.7 Å². The predicted molar refractivity (Wildman–Crippen MR) is 196 cm³/mol. The Hall–Kier alpha value is -5.66. The lowest BCUT2D eigenvalue weighted by Gasteiger charge is -2.34. The van der Waals surface area contributed by atoms with Crippen LogP contribution >= 0.6 is 0 Å². The first kappa shape index (κ1) is 27.6. The van der Waals surface area contributed by atoms with E-state index in [0.717, 1.165) is 5.69 Å². The molecule has 0 bridgehead atoms. The molecule has 224 valence electrons. The topological polar surface area (TPSA) is 3.24 Å². The molecule has 0 heterocycles. The second kappa shape index (κ2) is 10.4. The first-order chi connectivity index (χ1) is 23.1. The standard InChI is InChI=1S/C46H35N/c1-45(2)39-25-14-12-23-36(39)37-30-29-35(31-42(37)45)47(34-21-10-5-11-22-34)43-28-16-27-41-44(43)38-24-13-15-26-40(38)46(41,32-17-6-3-7-18-32)33-19-8-4-9-20-33/h3-31H,1-2H3. The highest BCUT2D eigenvalue weighted by atomic mass is 15.1. The van der Waals surface area contributed by atoms with Crippen molar-refractivity contribution in [3.8, 4) is 22.3 Å². The minimum atomic E-state index is -0.450. The first-order valence-corrected chi connectivity index (χ1v) is 16.5. The van der Waals surface area contributed by atoms with Crippen LogP contribution < -0.4 is 4.90 Å². The Labute approximate surface area is 277 Å². The van der Waals surface area contributed by atoms with Gasteiger partial charge < -0.3 is 4.90 Å². The van der Waals surface area contributed by atoms with Crippen molar-refractivity contribution >= 4 is 17.1 Å². The van der Waals surface area contributed by atoms with Crippen molar-refractivity contribution in [1.29, 1.82) is 0 Å². The lowest BCUT2D eigenvalue weighted by molar-refractivity contribution is 0.660. The molecule has 1 heteroatoms. The zero-order chi connectivity index (χ0) is 31.6. The largest absolute Gasteiger partial charge is 0.310 e. The summed E-state index contributed by atoms with van der Waals surface area (Å²) in [5.41, 5.74) is 16.1. The van der Waals surface area contributed by atoms with Crippen LogP contribution in [0.1, 0.15) is 47.2 Å². The van der Waals surface area contributed by atoms with Crippen LogP contribution in [-0.4, -0.2) is 0 Å². The molecule has 0 N–H and O–H groups in total. The molecule has 0 unspecified atom stereocenters. The Morgan fingerprint density at radius 3 is 1.60 bits per heavy atom. The molecule has 7 aromatic carbocycles. The average molecular weight is 602 g/mol. The Morgan fingerprint density at radius 1 is 0.383 bits per heavy atom. The molecule has 1 nitrogen and oxygen atoms in total. The predicted octanol–water partition coefficient (Wildman–Crippen LogP) is 11.8. The highest BCUT2D eigenvalue weighted by molar-refractivity contribution is 5.98. The maximum atomic E-state index is 2.47. The van der Waals surface area contributed by atoms with E-state index in [1.165, 1.54) is 67.0 Å². The Kier molecular flexibility index (Phi) is 6.14. The van der Waals surface area contributed by atoms with Gasteiger partial charge in [0.25, 0.3) is 0 Å². The first-order valence-electron chi connectivity index (χ1n) is 16.5. The molecule has 2 aliphatic rings. The molecule has 0 fully saturated rings. The molecule has 0 aliphatic heterocycles. The molecule has 0 amide bonds. The van der Waals surface area contributed by atoms with E-state index in [4.69, 9.17) is 0 Å². The zero-order valence-corrected chi connectivity index (χ0v) is 26.7. The summed E-state index contributed by atoms with van der Waals surface area (Å²) in [6.45, 7) is 4.72. The van der Waals surface area contributed by atoms with Gasteiger partial charge in [-0.3, -0.25) is 0 Å². The van der Waals surface area contributed by atoms with Gasteiger partial charge in [0.2, 0.25) is 0 Å². The van der Waals surface area contributed by atoms with Crippen LogP contribution in [-0.2, 0) is 10.8 Å². The van der Waals surface area contributed by atoms with Gasteiger partial charge in [-0.2, -0.15) is 0 Å². The number of para-hydroxylation sites is 1. The molecule has 0 saturated heterocycles. The van der Waals surface area contributed by atoms with Gasteiger partial charge in [-0.05, 0) is 80.4 Å². The molecule has 0 radical (unpaired) electrons. The molecule has 47 heavy (non-hydrogen) atoms. The Balaban J connectivity index is 1.34. The van der Waals surface area contributed by atoms with Crippen molar-refractivity contribution in [2.75, 3.05) is 4.90 Å². The maximum absolute atomic E-state index is 2.47. The SMILES string of the molecule is CC1(C)c2ccccc2-c2ccc(N(c3ccccc3)c3cccc4c3-c3ccccc3C4(c3ccccc3)c3ccccc3)cc21. The fourth-order valence-electron chi connectivity index (χ4n) is 8.50. The molecule has 9 rings (SSSR count). The summed E-state index contributed by atoms with van der Waals surface area (Å²) in [5, 5.41) is 0. The van der Waals surface area contributed by atoms with Crippen LogP contribution in [0, 0.1) is 0 Å². The van der Waals surface area contributed by atoms with Crippen LogP contribution in [0.15, 0.2) is 176 Å². The lowest BCUT2D eigenvalue weighted by Crippen LogP contribution is -2.28. The number of anilines is 3. The second-order valence-corrected chi connectivity index (χ2v) is 13.3. The Bertz CT molecular complexity index is 2230. The summed E-state index contributed by atoms with van der Waals surface area (Å²) >= 11 is 0. The third kappa shape index (κ3) is 3.90. The van der Waals surface area contributed by atoms with Gasteiger partial charge in [0, 0.05) is 22.4 Å². The van der Waals surface area contributed by atoms with Gasteiger partial charge in [-0.25, -0.2) is 0 Å². The van der Waals surface area contributed by atoms with Crippen molar-refractivity contribution in [3.63, 3.8) is 0 Å². The molecule has 0 spiro atoms. The highest BCUT2D eigenvalue weighted by Crippen LogP contribution is 2.60. The van der Waals surface area contributed by atoms with E-state index >= 15 is 0 Å². The van der Waals surface area contributed by atoms with Gasteiger partial charge in [0.15, 0.2) is 0 Å². The fraction of sp³-hybridized carbons (Fsp3) is 0.0870. The summed E-state index contributed by atoms with van der Waals surface area (Å²) in [4.78, 5) is 2.47. The van der Waals surface area contributed by atoms with E-state index in [-0.39, 0.29) is 5.41 Å². The molecule has 0 saturated carbocycles. The van der Waals surface area contributed by atoms with E-state index in [1.54, 1.807) is 0 Å². The van der Waals surface area contributed by atoms with E-state index < -0.39 is 5.41 Å². The van der Waals surface area contributed by atoms with Crippen molar-refractivity contribution in [2.24, 2.45) is 0 Å². The van der Waals surface area contributed by atoms with Crippen LogP contribution in [0.4, 0.5) is 17.1 Å². The van der Waals surface area contributed by atoms with Crippen molar-refractivity contribution in [1.82, 2.24) is 0 Å². The zero-order valence-electron chi connectivity index (χ0n) is 26.7. The lowest BCUT2D eigenvalue weighted by atomic mass is 9.68. The molecular weight excluding hydrogens is 567 g/mol.